The molecule has 16 heavy (non-hydrogen) atoms. The van der Waals surface area contributed by atoms with Crippen molar-refractivity contribution in [3.8, 4) is 0 Å². The van der Waals surface area contributed by atoms with Gasteiger partial charge in [0.05, 0.1) is 0 Å². The molecule has 0 saturated carbocycles. The number of thioether (sulfide) groups is 1. The van der Waals surface area contributed by atoms with Gasteiger partial charge < -0.3 is 5.11 Å². The molecule has 1 heterocycles. The molecular formula is C11H9BrO2S2. The van der Waals surface area contributed by atoms with Crippen LogP contribution in [0, 0.1) is 0 Å². The van der Waals surface area contributed by atoms with Gasteiger partial charge in [0.15, 0.2) is 0 Å². The van der Waals surface area contributed by atoms with Gasteiger partial charge in [0.25, 0.3) is 0 Å². The van der Waals surface area contributed by atoms with Crippen molar-refractivity contribution in [1.82, 2.24) is 0 Å². The van der Waals surface area contributed by atoms with E-state index in [0.717, 1.165) is 25.2 Å². The van der Waals surface area contributed by atoms with E-state index in [1.807, 2.05) is 25.1 Å². The highest BCUT2D eigenvalue weighted by molar-refractivity contribution is 9.10. The molecule has 0 bridgehead atoms. The van der Waals surface area contributed by atoms with E-state index in [0.29, 0.717) is 4.88 Å². The van der Waals surface area contributed by atoms with E-state index >= 15 is 0 Å². The van der Waals surface area contributed by atoms with Crippen LogP contribution in [0.4, 0.5) is 0 Å². The maximum absolute atomic E-state index is 11.1. The lowest BCUT2D eigenvalue weighted by atomic mass is 10.2. The van der Waals surface area contributed by atoms with Crippen LogP contribution in [-0.2, 0) is 0 Å². The number of thiophene rings is 1. The van der Waals surface area contributed by atoms with E-state index in [1.165, 1.54) is 11.3 Å². The fraction of sp³-hybridized carbons (Fsp3) is 0.182. The van der Waals surface area contributed by atoms with Crippen LogP contribution in [0.5, 0.6) is 0 Å². The number of benzene rings is 1. The van der Waals surface area contributed by atoms with Crippen molar-refractivity contribution in [2.24, 2.45) is 0 Å². The van der Waals surface area contributed by atoms with Gasteiger partial charge in [0.1, 0.15) is 4.88 Å². The highest BCUT2D eigenvalue weighted by Gasteiger charge is 2.17. The van der Waals surface area contributed by atoms with Gasteiger partial charge in [-0.05, 0) is 17.9 Å². The van der Waals surface area contributed by atoms with Crippen molar-refractivity contribution in [2.45, 2.75) is 11.8 Å². The van der Waals surface area contributed by atoms with Gasteiger partial charge in [-0.1, -0.05) is 28.9 Å². The molecule has 2 nitrogen and oxygen atoms in total. The predicted octanol–water partition coefficient (Wildman–Crippen LogP) is 4.47. The lowest BCUT2D eigenvalue weighted by Crippen LogP contribution is -1.93. The monoisotopic (exact) mass is 316 g/mol. The highest BCUT2D eigenvalue weighted by atomic mass is 79.9. The molecule has 0 aliphatic rings. The minimum atomic E-state index is -0.840. The molecule has 5 heteroatoms. The molecule has 2 rings (SSSR count). The van der Waals surface area contributed by atoms with Crippen LogP contribution in [0.1, 0.15) is 16.6 Å². The van der Waals surface area contributed by atoms with E-state index in [2.05, 4.69) is 15.9 Å². The summed E-state index contributed by atoms with van der Waals surface area (Å²) in [7, 11) is 0. The molecule has 1 aromatic carbocycles. The lowest BCUT2D eigenvalue weighted by molar-refractivity contribution is 0.0699. The molecule has 0 spiro atoms. The van der Waals surface area contributed by atoms with Crippen LogP contribution < -0.4 is 0 Å². The molecule has 1 N–H and O–H groups in total. The Bertz CT molecular complexity index is 548. The second-order valence-corrected chi connectivity index (χ2v) is 6.38. The summed E-state index contributed by atoms with van der Waals surface area (Å²) >= 11 is 6.32. The standard InChI is InChI=1S/C11H9BrO2S2/c1-2-15-9-7-4-3-6(12)5-8(7)16-10(9)11(13)14/h3-5H,2H2,1H3,(H,13,14). The Morgan fingerprint density at radius 3 is 2.94 bits per heavy atom. The third-order valence-electron chi connectivity index (χ3n) is 2.09. The van der Waals surface area contributed by atoms with Crippen molar-refractivity contribution < 1.29 is 9.90 Å². The van der Waals surface area contributed by atoms with E-state index in [4.69, 9.17) is 5.11 Å². The fourth-order valence-corrected chi connectivity index (χ4v) is 4.17. The molecule has 0 atom stereocenters. The van der Waals surface area contributed by atoms with Crippen LogP contribution in [0.25, 0.3) is 10.1 Å². The number of carbonyl (C=O) groups is 1. The zero-order chi connectivity index (χ0) is 11.7. The van der Waals surface area contributed by atoms with Crippen LogP contribution >= 0.6 is 39.0 Å². The molecular weight excluding hydrogens is 308 g/mol. The Hall–Kier alpha value is -0.520. The summed E-state index contributed by atoms with van der Waals surface area (Å²) in [6.07, 6.45) is 0. The lowest BCUT2D eigenvalue weighted by Gasteiger charge is -1.98. The number of carboxylic acid groups (broad SMARTS) is 1. The summed E-state index contributed by atoms with van der Waals surface area (Å²) in [5.74, 6) is 0.0376. The Balaban J connectivity index is 2.70. The largest absolute Gasteiger partial charge is 0.477 e. The van der Waals surface area contributed by atoms with E-state index in [-0.39, 0.29) is 0 Å². The molecule has 2 aromatic rings. The minimum Gasteiger partial charge on any atom is -0.477 e. The smallest absolute Gasteiger partial charge is 0.347 e. The van der Waals surface area contributed by atoms with Crippen LogP contribution in [-0.4, -0.2) is 16.8 Å². The third-order valence-corrected chi connectivity index (χ3v) is 4.85. The first-order valence-corrected chi connectivity index (χ1v) is 7.31. The summed E-state index contributed by atoms with van der Waals surface area (Å²) in [6, 6.07) is 5.88. The fourth-order valence-electron chi connectivity index (χ4n) is 1.48. The zero-order valence-corrected chi connectivity index (χ0v) is 11.7. The number of fused-ring (bicyclic) bond motifs is 1. The average Bonchev–Trinajstić information content (AvgIpc) is 2.57. The van der Waals surface area contributed by atoms with Crippen LogP contribution in [0.3, 0.4) is 0 Å². The van der Waals surface area contributed by atoms with Gasteiger partial charge in [-0.25, -0.2) is 4.79 Å². The van der Waals surface area contributed by atoms with Crippen LogP contribution in [0.2, 0.25) is 0 Å². The Morgan fingerprint density at radius 2 is 2.31 bits per heavy atom. The van der Waals surface area contributed by atoms with Crippen LogP contribution in [0.15, 0.2) is 27.6 Å². The molecule has 0 unspecified atom stereocenters. The van der Waals surface area contributed by atoms with Gasteiger partial charge in [-0.2, -0.15) is 0 Å². The van der Waals surface area contributed by atoms with E-state index in [9.17, 15) is 4.79 Å². The molecule has 0 radical (unpaired) electrons. The van der Waals surface area contributed by atoms with Crippen molar-refractivity contribution in [1.29, 1.82) is 0 Å². The Kier molecular flexibility index (Phi) is 3.56. The van der Waals surface area contributed by atoms with E-state index < -0.39 is 5.97 Å². The SMILES string of the molecule is CCSc1c(C(=O)O)sc2cc(Br)ccc12. The maximum atomic E-state index is 11.1. The number of carboxylic acids is 1. The molecule has 0 amide bonds. The second kappa shape index (κ2) is 4.77. The second-order valence-electron chi connectivity index (χ2n) is 3.14. The summed E-state index contributed by atoms with van der Waals surface area (Å²) in [5.41, 5.74) is 0. The number of hydrogen-bond donors (Lipinski definition) is 1. The third kappa shape index (κ3) is 2.12. The quantitative estimate of drug-likeness (QED) is 0.849. The molecule has 0 aliphatic carbocycles. The zero-order valence-electron chi connectivity index (χ0n) is 8.49. The summed E-state index contributed by atoms with van der Waals surface area (Å²) in [5, 5.41) is 10.2. The number of hydrogen-bond acceptors (Lipinski definition) is 3. The number of rotatable bonds is 3. The number of halogens is 1. The van der Waals surface area contributed by atoms with Crippen molar-refractivity contribution in [3.63, 3.8) is 0 Å². The first kappa shape index (κ1) is 12.0. The number of aromatic carboxylic acids is 1. The molecule has 0 fully saturated rings. The topological polar surface area (TPSA) is 37.3 Å². The van der Waals surface area contributed by atoms with Crippen molar-refractivity contribution in [3.05, 3.63) is 27.5 Å². The average molecular weight is 317 g/mol. The first-order chi connectivity index (χ1) is 7.63. The first-order valence-electron chi connectivity index (χ1n) is 4.71. The Morgan fingerprint density at radius 1 is 1.56 bits per heavy atom. The molecule has 0 aliphatic heterocycles. The molecule has 84 valence electrons. The van der Waals surface area contributed by atoms with Gasteiger partial charge in [0.2, 0.25) is 0 Å². The van der Waals surface area contributed by atoms with Gasteiger partial charge in [-0.15, -0.1) is 23.1 Å². The predicted molar refractivity (Wildman–Crippen MR) is 72.9 cm³/mol. The summed E-state index contributed by atoms with van der Waals surface area (Å²) in [6.45, 7) is 2.03. The summed E-state index contributed by atoms with van der Waals surface area (Å²) < 4.78 is 1.99. The Labute approximate surface area is 110 Å². The van der Waals surface area contributed by atoms with Gasteiger partial charge in [0, 0.05) is 19.5 Å². The normalized spacial score (nSPS) is 10.9. The minimum absolute atomic E-state index is 0.444. The van der Waals surface area contributed by atoms with E-state index in [1.54, 1.807) is 11.8 Å². The van der Waals surface area contributed by atoms with Crippen molar-refractivity contribution >= 4 is 55.1 Å². The van der Waals surface area contributed by atoms with Crippen molar-refractivity contribution in [2.75, 3.05) is 5.75 Å². The highest BCUT2D eigenvalue weighted by Crippen LogP contribution is 2.39. The van der Waals surface area contributed by atoms with Gasteiger partial charge in [-0.3, -0.25) is 0 Å². The van der Waals surface area contributed by atoms with Gasteiger partial charge >= 0.3 is 5.97 Å². The molecule has 0 saturated heterocycles. The summed E-state index contributed by atoms with van der Waals surface area (Å²) in [4.78, 5) is 12.5. The maximum Gasteiger partial charge on any atom is 0.347 e. The molecule has 1 aromatic heterocycles.